The van der Waals surface area contributed by atoms with Crippen LogP contribution in [0.2, 0.25) is 0 Å². The smallest absolute Gasteiger partial charge is 0.0725 e. The van der Waals surface area contributed by atoms with Gasteiger partial charge in [-0.1, -0.05) is 17.9 Å². The van der Waals surface area contributed by atoms with Crippen LogP contribution < -0.4 is 5.73 Å². The van der Waals surface area contributed by atoms with Crippen LogP contribution >= 0.6 is 0 Å². The lowest BCUT2D eigenvalue weighted by Crippen LogP contribution is -1.96. The predicted octanol–water partition coefficient (Wildman–Crippen LogP) is 2.20. The van der Waals surface area contributed by atoms with E-state index in [4.69, 9.17) is 10.5 Å². The number of hydrogen-bond donors (Lipinski definition) is 1. The highest BCUT2D eigenvalue weighted by Gasteiger charge is 2.09. The fraction of sp³-hybridized carbons (Fsp3) is 0.429. The van der Waals surface area contributed by atoms with Crippen molar-refractivity contribution >= 4 is 0 Å². The summed E-state index contributed by atoms with van der Waals surface area (Å²) in [6, 6.07) is 6.33. The molecule has 84 valence electrons. The van der Waals surface area contributed by atoms with Gasteiger partial charge in [0, 0.05) is 12.0 Å². The minimum absolute atomic E-state index is 0.734. The van der Waals surface area contributed by atoms with Crippen LogP contribution in [-0.4, -0.2) is 6.54 Å². The molecule has 2 heteroatoms. The van der Waals surface area contributed by atoms with Gasteiger partial charge in [-0.05, 0) is 42.6 Å². The Morgan fingerprint density at radius 1 is 1.19 bits per heavy atom. The van der Waals surface area contributed by atoms with Crippen LogP contribution in [0.3, 0.4) is 0 Å². The van der Waals surface area contributed by atoms with Crippen LogP contribution in [0, 0.1) is 11.8 Å². The summed E-state index contributed by atoms with van der Waals surface area (Å²) in [6.45, 7) is 2.25. The molecule has 0 fully saturated rings. The third-order valence-corrected chi connectivity index (χ3v) is 2.71. The predicted molar refractivity (Wildman–Crippen MR) is 64.7 cm³/mol. The second-order valence-electron chi connectivity index (χ2n) is 4.02. The Balaban J connectivity index is 1.94. The SMILES string of the molecule is NCCCCC#Cc1ccc2c(c1)COC2. The van der Waals surface area contributed by atoms with Crippen molar-refractivity contribution in [2.75, 3.05) is 6.54 Å². The molecule has 0 saturated carbocycles. The number of unbranched alkanes of at least 4 members (excludes halogenated alkanes) is 2. The maximum absolute atomic E-state index is 5.42. The molecule has 1 aromatic carbocycles. The molecule has 1 aliphatic rings. The third-order valence-electron chi connectivity index (χ3n) is 2.71. The highest BCUT2D eigenvalue weighted by atomic mass is 16.5. The molecule has 1 aliphatic heterocycles. The van der Waals surface area contributed by atoms with Crippen LogP contribution in [0.4, 0.5) is 0 Å². The zero-order valence-electron chi connectivity index (χ0n) is 9.46. The molecule has 0 atom stereocenters. The largest absolute Gasteiger partial charge is 0.372 e. The van der Waals surface area contributed by atoms with E-state index >= 15 is 0 Å². The molecule has 2 nitrogen and oxygen atoms in total. The standard InChI is InChI=1S/C14H17NO/c15-8-4-2-1-3-5-12-6-7-13-10-16-11-14(13)9-12/h6-7,9H,1-2,4,8,10-11,15H2. The van der Waals surface area contributed by atoms with Crippen molar-refractivity contribution in [3.63, 3.8) is 0 Å². The molecule has 2 N–H and O–H groups in total. The van der Waals surface area contributed by atoms with Crippen molar-refractivity contribution in [1.29, 1.82) is 0 Å². The monoisotopic (exact) mass is 215 g/mol. The normalized spacial score (nSPS) is 13.1. The number of benzene rings is 1. The zero-order valence-corrected chi connectivity index (χ0v) is 9.46. The molecule has 16 heavy (non-hydrogen) atoms. The van der Waals surface area contributed by atoms with Gasteiger partial charge in [-0.15, -0.1) is 0 Å². The first-order valence-electron chi connectivity index (χ1n) is 5.78. The molecular formula is C14H17NO. The van der Waals surface area contributed by atoms with Gasteiger partial charge in [0.1, 0.15) is 0 Å². The summed E-state index contributed by atoms with van der Waals surface area (Å²) >= 11 is 0. The lowest BCUT2D eigenvalue weighted by atomic mass is 10.1. The van der Waals surface area contributed by atoms with Gasteiger partial charge in [0.25, 0.3) is 0 Å². The fourth-order valence-electron chi connectivity index (χ4n) is 1.77. The van der Waals surface area contributed by atoms with Crippen LogP contribution in [0.15, 0.2) is 18.2 Å². The lowest BCUT2D eigenvalue weighted by molar-refractivity contribution is 0.134. The van der Waals surface area contributed by atoms with Gasteiger partial charge in [-0.3, -0.25) is 0 Å². The molecule has 1 heterocycles. The van der Waals surface area contributed by atoms with Crippen molar-refractivity contribution < 1.29 is 4.74 Å². The van der Waals surface area contributed by atoms with Gasteiger partial charge in [-0.25, -0.2) is 0 Å². The maximum Gasteiger partial charge on any atom is 0.0725 e. The summed E-state index contributed by atoms with van der Waals surface area (Å²) < 4.78 is 5.37. The quantitative estimate of drug-likeness (QED) is 0.619. The lowest BCUT2D eigenvalue weighted by Gasteiger charge is -1.96. The van der Waals surface area contributed by atoms with Gasteiger partial charge < -0.3 is 10.5 Å². The van der Waals surface area contributed by atoms with Crippen LogP contribution in [-0.2, 0) is 18.0 Å². The summed E-state index contributed by atoms with van der Waals surface area (Å²) in [5.41, 5.74) is 9.10. The molecule has 0 amide bonds. The van der Waals surface area contributed by atoms with Crippen molar-refractivity contribution in [3.8, 4) is 11.8 Å². The van der Waals surface area contributed by atoms with Gasteiger partial charge in [0.05, 0.1) is 13.2 Å². The average Bonchev–Trinajstić information content (AvgIpc) is 2.76. The summed E-state index contributed by atoms with van der Waals surface area (Å²) in [6.07, 6.45) is 3.09. The third kappa shape index (κ3) is 2.85. The second kappa shape index (κ2) is 5.69. The number of fused-ring (bicyclic) bond motifs is 1. The Hall–Kier alpha value is -1.30. The summed E-state index contributed by atoms with van der Waals surface area (Å²) in [5, 5.41) is 0. The van der Waals surface area contributed by atoms with Crippen LogP contribution in [0.5, 0.6) is 0 Å². The van der Waals surface area contributed by atoms with E-state index in [2.05, 4.69) is 30.0 Å². The van der Waals surface area contributed by atoms with Crippen molar-refractivity contribution in [2.24, 2.45) is 5.73 Å². The molecule has 0 bridgehead atoms. The Kier molecular flexibility index (Phi) is 3.98. The molecule has 0 aliphatic carbocycles. The Bertz CT molecular complexity index is 414. The van der Waals surface area contributed by atoms with E-state index in [-0.39, 0.29) is 0 Å². The number of hydrogen-bond acceptors (Lipinski definition) is 2. The Morgan fingerprint density at radius 3 is 2.94 bits per heavy atom. The molecule has 0 saturated heterocycles. The first kappa shape index (κ1) is 11.2. The molecule has 2 rings (SSSR count). The van der Waals surface area contributed by atoms with Gasteiger partial charge in [0.15, 0.2) is 0 Å². The first-order valence-corrected chi connectivity index (χ1v) is 5.78. The number of rotatable bonds is 3. The van der Waals surface area contributed by atoms with Gasteiger partial charge in [-0.2, -0.15) is 0 Å². The van der Waals surface area contributed by atoms with Crippen molar-refractivity contribution in [1.82, 2.24) is 0 Å². The van der Waals surface area contributed by atoms with Crippen LogP contribution in [0.1, 0.15) is 36.0 Å². The first-order chi connectivity index (χ1) is 7.90. The molecule has 0 unspecified atom stereocenters. The summed E-state index contributed by atoms with van der Waals surface area (Å²) in [7, 11) is 0. The molecular weight excluding hydrogens is 198 g/mol. The van der Waals surface area contributed by atoms with Crippen molar-refractivity contribution in [2.45, 2.75) is 32.5 Å². The van der Waals surface area contributed by atoms with Gasteiger partial charge in [0.2, 0.25) is 0 Å². The van der Waals surface area contributed by atoms with Gasteiger partial charge >= 0.3 is 0 Å². The average molecular weight is 215 g/mol. The molecule has 0 radical (unpaired) electrons. The van der Waals surface area contributed by atoms with E-state index in [1.165, 1.54) is 11.1 Å². The minimum Gasteiger partial charge on any atom is -0.372 e. The summed E-state index contributed by atoms with van der Waals surface area (Å²) in [4.78, 5) is 0. The van der Waals surface area contributed by atoms with Crippen molar-refractivity contribution in [3.05, 3.63) is 34.9 Å². The second-order valence-corrected chi connectivity index (χ2v) is 4.02. The van der Waals surface area contributed by atoms with E-state index in [0.717, 1.165) is 44.6 Å². The Morgan fingerprint density at radius 2 is 2.06 bits per heavy atom. The van der Waals surface area contributed by atoms with Crippen LogP contribution in [0.25, 0.3) is 0 Å². The van der Waals surface area contributed by atoms with E-state index in [1.54, 1.807) is 0 Å². The fourth-order valence-corrected chi connectivity index (χ4v) is 1.77. The molecule has 0 spiro atoms. The van der Waals surface area contributed by atoms with E-state index in [1.807, 2.05) is 0 Å². The summed E-state index contributed by atoms with van der Waals surface area (Å²) in [5.74, 6) is 6.37. The highest BCUT2D eigenvalue weighted by molar-refractivity contribution is 5.41. The van der Waals surface area contributed by atoms with E-state index in [9.17, 15) is 0 Å². The highest BCUT2D eigenvalue weighted by Crippen LogP contribution is 2.20. The Labute approximate surface area is 96.8 Å². The zero-order chi connectivity index (χ0) is 11.2. The minimum atomic E-state index is 0.734. The topological polar surface area (TPSA) is 35.2 Å². The van der Waals surface area contributed by atoms with E-state index < -0.39 is 0 Å². The van der Waals surface area contributed by atoms with E-state index in [0.29, 0.717) is 0 Å². The number of nitrogens with two attached hydrogens (primary N) is 1. The number of ether oxygens (including phenoxy) is 1. The molecule has 1 aromatic rings. The maximum atomic E-state index is 5.42. The molecule has 0 aromatic heterocycles.